The number of carbonyl (C=O) groups is 2. The van der Waals surface area contributed by atoms with Gasteiger partial charge in [0.25, 0.3) is 0 Å². The largest absolute Gasteiger partial charge is 0.444 e. The van der Waals surface area contributed by atoms with Crippen molar-refractivity contribution in [3.8, 4) is 0 Å². The highest BCUT2D eigenvalue weighted by atomic mass is 16.6. The van der Waals surface area contributed by atoms with Gasteiger partial charge in [-0.05, 0) is 45.4 Å². The molecule has 0 unspecified atom stereocenters. The van der Waals surface area contributed by atoms with Crippen molar-refractivity contribution in [1.29, 1.82) is 0 Å². The molecule has 5 nitrogen and oxygen atoms in total. The lowest BCUT2D eigenvalue weighted by Crippen LogP contribution is -2.70. The number of nitrogens with one attached hydrogen (secondary N) is 1. The number of rotatable bonds is 3. The molecule has 3 rings (SSSR count). The Kier molecular flexibility index (Phi) is 2.42. The Hall–Kier alpha value is -1.26. The van der Waals surface area contributed by atoms with Crippen molar-refractivity contribution in [2.45, 2.75) is 45.6 Å². The molecule has 0 aromatic rings. The average Bonchev–Trinajstić information content (AvgIpc) is 1.93. The Morgan fingerprint density at radius 1 is 1.29 bits per heavy atom. The Labute approximate surface area is 101 Å². The van der Waals surface area contributed by atoms with Gasteiger partial charge < -0.3 is 15.8 Å². The summed E-state index contributed by atoms with van der Waals surface area (Å²) in [7, 11) is 0. The molecule has 0 heterocycles. The van der Waals surface area contributed by atoms with Crippen LogP contribution < -0.4 is 11.1 Å². The summed E-state index contributed by atoms with van der Waals surface area (Å²) in [5, 5.41) is 2.76. The molecule has 3 aliphatic rings. The molecular formula is C12H20N2O3. The zero-order valence-electron chi connectivity index (χ0n) is 10.6. The standard InChI is InChI=1S/C12H20N2O3/c1-10(2,3)17-9(16)14-7-11-4-12(5-11,6-11)8(13)15/h4-7H2,1-3H3,(H2,13,15)(H,14,16). The van der Waals surface area contributed by atoms with Crippen LogP contribution in [0.3, 0.4) is 0 Å². The summed E-state index contributed by atoms with van der Waals surface area (Å²) >= 11 is 0. The minimum atomic E-state index is -0.474. The molecule has 0 spiro atoms. The molecule has 0 radical (unpaired) electrons. The summed E-state index contributed by atoms with van der Waals surface area (Å²) < 4.78 is 5.15. The lowest BCUT2D eigenvalue weighted by atomic mass is 9.35. The minimum Gasteiger partial charge on any atom is -0.444 e. The van der Waals surface area contributed by atoms with E-state index in [0.29, 0.717) is 6.54 Å². The summed E-state index contributed by atoms with van der Waals surface area (Å²) in [6, 6.07) is 0. The maximum atomic E-state index is 11.5. The highest BCUT2D eigenvalue weighted by Gasteiger charge is 2.70. The number of alkyl carbamates (subject to hydrolysis) is 1. The Morgan fingerprint density at radius 2 is 1.82 bits per heavy atom. The number of carbonyl (C=O) groups excluding carboxylic acids is 2. The molecular weight excluding hydrogens is 220 g/mol. The van der Waals surface area contributed by atoms with E-state index in [1.54, 1.807) is 0 Å². The predicted octanol–water partition coefficient (Wildman–Crippen LogP) is 1.17. The van der Waals surface area contributed by atoms with Crippen LogP contribution in [-0.2, 0) is 9.53 Å². The maximum absolute atomic E-state index is 11.5. The van der Waals surface area contributed by atoms with Gasteiger partial charge in [0.2, 0.25) is 5.91 Å². The fraction of sp³-hybridized carbons (Fsp3) is 0.833. The van der Waals surface area contributed by atoms with E-state index in [1.165, 1.54) is 0 Å². The zero-order chi connectivity index (χ0) is 12.9. The highest BCUT2D eigenvalue weighted by molar-refractivity contribution is 5.85. The molecule has 0 saturated heterocycles. The first-order valence-electron chi connectivity index (χ1n) is 5.93. The van der Waals surface area contributed by atoms with Crippen molar-refractivity contribution in [2.24, 2.45) is 16.6 Å². The van der Waals surface area contributed by atoms with Crippen LogP contribution in [-0.4, -0.2) is 24.1 Å². The van der Waals surface area contributed by atoms with E-state index in [9.17, 15) is 9.59 Å². The van der Waals surface area contributed by atoms with Crippen LogP contribution in [0.25, 0.3) is 0 Å². The van der Waals surface area contributed by atoms with Crippen molar-refractivity contribution >= 4 is 12.0 Å². The predicted molar refractivity (Wildman–Crippen MR) is 62.1 cm³/mol. The van der Waals surface area contributed by atoms with Gasteiger partial charge in [0.1, 0.15) is 5.60 Å². The second kappa shape index (κ2) is 3.37. The molecule has 0 aliphatic heterocycles. The van der Waals surface area contributed by atoms with Crippen molar-refractivity contribution in [2.75, 3.05) is 6.54 Å². The number of hydrogen-bond acceptors (Lipinski definition) is 3. The van der Waals surface area contributed by atoms with Gasteiger partial charge in [0, 0.05) is 6.54 Å². The molecule has 3 saturated carbocycles. The normalized spacial score (nSPS) is 34.3. The molecule has 0 aromatic heterocycles. The molecule has 3 N–H and O–H groups in total. The lowest BCUT2D eigenvalue weighted by Gasteiger charge is -2.69. The third kappa shape index (κ3) is 2.10. The van der Waals surface area contributed by atoms with Crippen LogP contribution in [0.2, 0.25) is 0 Å². The van der Waals surface area contributed by atoms with Crippen LogP contribution in [0, 0.1) is 10.8 Å². The molecule has 96 valence electrons. The van der Waals surface area contributed by atoms with E-state index in [2.05, 4.69) is 5.32 Å². The molecule has 2 bridgehead atoms. The smallest absolute Gasteiger partial charge is 0.407 e. The zero-order valence-corrected chi connectivity index (χ0v) is 10.6. The summed E-state index contributed by atoms with van der Waals surface area (Å²) in [6.07, 6.45) is 2.04. The van der Waals surface area contributed by atoms with Crippen molar-refractivity contribution in [1.82, 2.24) is 5.32 Å². The molecule has 5 heteroatoms. The molecule has 0 aromatic carbocycles. The summed E-state index contributed by atoms with van der Waals surface area (Å²) in [4.78, 5) is 22.6. The monoisotopic (exact) mass is 240 g/mol. The Morgan fingerprint density at radius 3 is 2.24 bits per heavy atom. The van der Waals surface area contributed by atoms with Gasteiger partial charge in [-0.2, -0.15) is 0 Å². The fourth-order valence-corrected chi connectivity index (χ4v) is 3.02. The molecule has 2 amide bonds. The summed E-state index contributed by atoms with van der Waals surface area (Å²) in [5.41, 5.74) is 4.69. The van der Waals surface area contributed by atoms with E-state index >= 15 is 0 Å². The van der Waals surface area contributed by atoms with Gasteiger partial charge in [0.15, 0.2) is 0 Å². The van der Waals surface area contributed by atoms with Gasteiger partial charge in [0.05, 0.1) is 5.41 Å². The average molecular weight is 240 g/mol. The highest BCUT2D eigenvalue weighted by Crippen LogP contribution is 2.72. The van der Waals surface area contributed by atoms with Crippen LogP contribution in [0.1, 0.15) is 40.0 Å². The Bertz CT molecular complexity index is 351. The van der Waals surface area contributed by atoms with Gasteiger partial charge in [-0.3, -0.25) is 4.79 Å². The van der Waals surface area contributed by atoms with Crippen molar-refractivity contribution in [3.05, 3.63) is 0 Å². The van der Waals surface area contributed by atoms with Crippen molar-refractivity contribution in [3.63, 3.8) is 0 Å². The van der Waals surface area contributed by atoms with Crippen LogP contribution in [0.4, 0.5) is 4.79 Å². The van der Waals surface area contributed by atoms with Crippen LogP contribution in [0.5, 0.6) is 0 Å². The third-order valence-electron chi connectivity index (χ3n) is 3.67. The van der Waals surface area contributed by atoms with E-state index in [4.69, 9.17) is 10.5 Å². The molecule has 17 heavy (non-hydrogen) atoms. The second-order valence-electron chi connectivity index (χ2n) is 6.53. The first-order valence-corrected chi connectivity index (χ1v) is 5.93. The number of hydrogen-bond donors (Lipinski definition) is 2. The summed E-state index contributed by atoms with van der Waals surface area (Å²) in [6.45, 7) is 6.07. The number of ether oxygens (including phenoxy) is 1. The van der Waals surface area contributed by atoms with Crippen LogP contribution in [0.15, 0.2) is 0 Å². The maximum Gasteiger partial charge on any atom is 0.407 e. The number of amides is 2. The van der Waals surface area contributed by atoms with Crippen molar-refractivity contribution < 1.29 is 14.3 Å². The summed E-state index contributed by atoms with van der Waals surface area (Å²) in [5.74, 6) is -0.198. The van der Waals surface area contributed by atoms with Gasteiger partial charge >= 0.3 is 6.09 Å². The van der Waals surface area contributed by atoms with E-state index < -0.39 is 11.7 Å². The van der Waals surface area contributed by atoms with E-state index in [1.807, 2.05) is 20.8 Å². The van der Waals surface area contributed by atoms with E-state index in [0.717, 1.165) is 19.3 Å². The number of primary amides is 1. The molecule has 3 fully saturated rings. The second-order valence-corrected chi connectivity index (χ2v) is 6.53. The third-order valence-corrected chi connectivity index (χ3v) is 3.67. The lowest BCUT2D eigenvalue weighted by molar-refractivity contribution is -0.201. The topological polar surface area (TPSA) is 81.4 Å². The van der Waals surface area contributed by atoms with Gasteiger partial charge in [-0.25, -0.2) is 4.79 Å². The first kappa shape index (κ1) is 12.2. The van der Waals surface area contributed by atoms with Gasteiger partial charge in [-0.15, -0.1) is 0 Å². The van der Waals surface area contributed by atoms with E-state index in [-0.39, 0.29) is 16.7 Å². The minimum absolute atomic E-state index is 0.103. The fourth-order valence-electron chi connectivity index (χ4n) is 3.02. The quantitative estimate of drug-likeness (QED) is 0.776. The number of nitrogens with two attached hydrogens (primary N) is 1. The van der Waals surface area contributed by atoms with Crippen LogP contribution >= 0.6 is 0 Å². The van der Waals surface area contributed by atoms with Gasteiger partial charge in [-0.1, -0.05) is 0 Å². The molecule has 3 aliphatic carbocycles. The SMILES string of the molecule is CC(C)(C)OC(=O)NCC12CC(C(N)=O)(C1)C2. The Balaban J connectivity index is 1.72. The molecule has 0 atom stereocenters. The first-order chi connectivity index (χ1) is 7.67.